The number of hydrazine groups is 1. The maximum absolute atomic E-state index is 14.6. The number of aromatic nitrogens is 3. The van der Waals surface area contributed by atoms with E-state index in [4.69, 9.17) is 19.4 Å². The topological polar surface area (TPSA) is 154 Å². The average molecular weight is 896 g/mol. The molecule has 4 amide bonds. The number of urea groups is 1. The molecule has 8 rings (SSSR count). The van der Waals surface area contributed by atoms with Gasteiger partial charge in [-0.15, -0.1) is 11.3 Å². The first-order valence-corrected chi connectivity index (χ1v) is 23.8. The van der Waals surface area contributed by atoms with Gasteiger partial charge in [0.15, 0.2) is 0 Å². The lowest BCUT2D eigenvalue weighted by atomic mass is 9.84. The third-order valence-corrected chi connectivity index (χ3v) is 14.5. The molecule has 16 heteroatoms. The van der Waals surface area contributed by atoms with E-state index in [0.29, 0.717) is 62.5 Å². The van der Waals surface area contributed by atoms with Crippen molar-refractivity contribution in [2.45, 2.75) is 123 Å². The van der Waals surface area contributed by atoms with E-state index in [1.54, 1.807) is 25.3 Å². The zero-order valence-electron chi connectivity index (χ0n) is 38.8. The summed E-state index contributed by atoms with van der Waals surface area (Å²) in [4.78, 5) is 72.3. The van der Waals surface area contributed by atoms with Crippen molar-refractivity contribution >= 4 is 46.1 Å². The third-order valence-electron chi connectivity index (χ3n) is 13.6. The Kier molecular flexibility index (Phi) is 13.2. The quantitative estimate of drug-likeness (QED) is 0.180. The van der Waals surface area contributed by atoms with Crippen molar-refractivity contribution in [3.05, 3.63) is 58.2 Å². The fourth-order valence-corrected chi connectivity index (χ4v) is 10.6. The number of hydrogen-bond acceptors (Lipinski definition) is 11. The summed E-state index contributed by atoms with van der Waals surface area (Å²) in [5.74, 6) is -1.48. The molecule has 1 unspecified atom stereocenters. The number of methoxy groups -OCH3 is 1. The average Bonchev–Trinajstić information content (AvgIpc) is 3.95. The van der Waals surface area contributed by atoms with Crippen molar-refractivity contribution in [2.75, 3.05) is 47.4 Å². The number of likely N-dealkylation sites (N-methyl/N-ethyl adjacent to an activating group) is 2. The highest BCUT2D eigenvalue weighted by molar-refractivity contribution is 7.10. The maximum Gasteiger partial charge on any atom is 0.324 e. The molecule has 4 aliphatic rings. The van der Waals surface area contributed by atoms with E-state index in [0.717, 1.165) is 44.7 Å². The maximum atomic E-state index is 14.6. The smallest absolute Gasteiger partial charge is 0.324 e. The number of carbonyl (C=O) groups excluding carboxylic acids is 4. The Balaban J connectivity index is 1.14. The number of likely N-dealkylation sites (tertiary alicyclic amines) is 1. The van der Waals surface area contributed by atoms with Crippen molar-refractivity contribution in [1.29, 1.82) is 0 Å². The van der Waals surface area contributed by atoms with E-state index < -0.39 is 35.4 Å². The Labute approximate surface area is 380 Å². The van der Waals surface area contributed by atoms with Gasteiger partial charge in [0.2, 0.25) is 5.91 Å². The number of hydrogen-bond donors (Lipinski definition) is 2. The van der Waals surface area contributed by atoms with Crippen LogP contribution in [0.1, 0.15) is 89.6 Å². The second-order valence-corrected chi connectivity index (χ2v) is 20.3. The minimum Gasteiger partial charge on any atom is -0.464 e. The first kappa shape index (κ1) is 45.7. The molecule has 1 aliphatic carbocycles. The number of fused-ring (bicyclic) bond motifs is 6. The van der Waals surface area contributed by atoms with Gasteiger partial charge in [-0.3, -0.25) is 29.3 Å². The van der Waals surface area contributed by atoms with E-state index >= 15 is 0 Å². The number of aryl methyl sites for hydroxylation is 1. The van der Waals surface area contributed by atoms with E-state index in [2.05, 4.69) is 72.3 Å². The van der Waals surface area contributed by atoms with Crippen LogP contribution in [-0.4, -0.2) is 136 Å². The van der Waals surface area contributed by atoms with Crippen molar-refractivity contribution in [3.8, 4) is 22.5 Å². The molecule has 0 radical (unpaired) electrons. The van der Waals surface area contributed by atoms with Gasteiger partial charge in [0, 0.05) is 97.9 Å². The molecule has 15 nitrogen and oxygen atoms in total. The van der Waals surface area contributed by atoms with Crippen LogP contribution in [-0.2, 0) is 43.2 Å². The van der Waals surface area contributed by atoms with Gasteiger partial charge in [-0.2, -0.15) is 0 Å². The number of amides is 4. The molecule has 6 bridgehead atoms. The van der Waals surface area contributed by atoms with Crippen molar-refractivity contribution < 1.29 is 28.7 Å². The lowest BCUT2D eigenvalue weighted by Gasteiger charge is -2.46. The van der Waals surface area contributed by atoms with Crippen LogP contribution in [0.4, 0.5) is 4.79 Å². The molecule has 1 aromatic carbocycles. The fraction of sp³-hybridized carbons (Fsp3) is 0.583. The predicted octanol–water partition coefficient (Wildman–Crippen LogP) is 6.06. The Bertz CT molecular complexity index is 2380. The van der Waals surface area contributed by atoms with Crippen LogP contribution in [0.3, 0.4) is 0 Å². The predicted molar refractivity (Wildman–Crippen MR) is 247 cm³/mol. The zero-order chi connectivity index (χ0) is 45.6. The molecule has 344 valence electrons. The summed E-state index contributed by atoms with van der Waals surface area (Å²) in [5.41, 5.74) is 9.43. The number of nitrogens with one attached hydrogen (secondary N) is 2. The van der Waals surface area contributed by atoms with Crippen molar-refractivity contribution in [3.63, 3.8) is 0 Å². The molecule has 4 aromatic rings. The van der Waals surface area contributed by atoms with Gasteiger partial charge in [0.05, 0.1) is 34.8 Å². The molecule has 6 heterocycles. The first-order valence-electron chi connectivity index (χ1n) is 22.9. The van der Waals surface area contributed by atoms with E-state index in [-0.39, 0.29) is 37.0 Å². The summed E-state index contributed by atoms with van der Waals surface area (Å²) in [6, 6.07) is 8.57. The van der Waals surface area contributed by atoms with Gasteiger partial charge in [-0.05, 0) is 88.7 Å². The van der Waals surface area contributed by atoms with Crippen LogP contribution in [0.2, 0.25) is 0 Å². The Morgan fingerprint density at radius 1 is 1.09 bits per heavy atom. The number of thiazole rings is 1. The summed E-state index contributed by atoms with van der Waals surface area (Å²) in [6.07, 6.45) is 5.72. The Hall–Kier alpha value is -4.90. The van der Waals surface area contributed by atoms with Gasteiger partial charge in [0.25, 0.3) is 5.91 Å². The molecule has 0 spiro atoms. The number of nitrogens with zero attached hydrogens (tertiary/aromatic N) is 7. The molecule has 3 fully saturated rings. The molecule has 3 aliphatic heterocycles. The molecular formula is C48H65N9O6S. The van der Waals surface area contributed by atoms with Gasteiger partial charge < -0.3 is 29.2 Å². The number of ether oxygens (including phenoxy) is 2. The molecule has 2 saturated heterocycles. The van der Waals surface area contributed by atoms with Gasteiger partial charge in [-0.1, -0.05) is 33.8 Å². The van der Waals surface area contributed by atoms with E-state index in [1.165, 1.54) is 34.1 Å². The van der Waals surface area contributed by atoms with Crippen LogP contribution < -0.4 is 10.7 Å². The largest absolute Gasteiger partial charge is 0.464 e. The Morgan fingerprint density at radius 2 is 1.86 bits per heavy atom. The van der Waals surface area contributed by atoms with Gasteiger partial charge in [-0.25, -0.2) is 15.2 Å². The number of rotatable bonds is 10. The van der Waals surface area contributed by atoms with Crippen LogP contribution in [0.25, 0.3) is 33.4 Å². The van der Waals surface area contributed by atoms with Crippen LogP contribution >= 0.6 is 11.3 Å². The number of carbonyl (C=O) groups is 4. The van der Waals surface area contributed by atoms with Crippen LogP contribution in [0.15, 0.2) is 41.9 Å². The van der Waals surface area contributed by atoms with E-state index in [1.807, 2.05) is 32.2 Å². The molecule has 1 saturated carbocycles. The standard InChI is InChI=1S/C48H65N9O6S/c1-10-56-39-18-15-30-21-34(39)35(43(56)33-13-11-19-49-41(33)29(4)62-9)23-48(5,6)27-63-46(60)36-14-12-20-57(52-36)45(59)37(22-40-50-38(30)26-64-40)51-44(58)42(28(2)3)54(8)47(61)55-24-32(25-55)53(7)31-16-17-31/h11,13,15,18-19,21,26,28-29,31-32,36-37,42,52H,10,12,14,16-17,20,22-25,27H2,1-9H3,(H,51,58)/t29-,36-,37-,42?/m0/s1. The summed E-state index contributed by atoms with van der Waals surface area (Å²) < 4.78 is 14.3. The SMILES string of the molecule is CCn1c(-c2cccnc2[C@H](C)OC)c2c3cc(ccc31)-c1csc(n1)C[C@H](NC(=O)C(C(C)C)N(C)C(=O)N1CC(N(C)C3CC3)C1)C(=O)N1CCC[C@H](N1)C(=O)OCC(C)(C)C2. The fourth-order valence-electron chi connectivity index (χ4n) is 9.74. The molecule has 4 atom stereocenters. The Morgan fingerprint density at radius 3 is 2.56 bits per heavy atom. The minimum atomic E-state index is -1.03. The van der Waals surface area contributed by atoms with Crippen molar-refractivity contribution in [2.24, 2.45) is 11.3 Å². The lowest BCUT2D eigenvalue weighted by molar-refractivity contribution is -0.155. The molecule has 2 N–H and O–H groups in total. The highest BCUT2D eigenvalue weighted by Gasteiger charge is 2.43. The lowest BCUT2D eigenvalue weighted by Crippen LogP contribution is -2.65. The first-order chi connectivity index (χ1) is 30.6. The minimum absolute atomic E-state index is 0.117. The monoisotopic (exact) mass is 895 g/mol. The van der Waals surface area contributed by atoms with Gasteiger partial charge >= 0.3 is 12.0 Å². The normalized spacial score (nSPS) is 21.7. The summed E-state index contributed by atoms with van der Waals surface area (Å²) in [7, 11) is 5.49. The number of benzene rings is 1. The van der Waals surface area contributed by atoms with Gasteiger partial charge in [0.1, 0.15) is 18.1 Å². The summed E-state index contributed by atoms with van der Waals surface area (Å²) in [5, 5.41) is 8.25. The number of cyclic esters (lactones) is 1. The second-order valence-electron chi connectivity index (χ2n) is 19.3. The third kappa shape index (κ3) is 9.16. The van der Waals surface area contributed by atoms with E-state index in [9.17, 15) is 19.2 Å². The van der Waals surface area contributed by atoms with Crippen molar-refractivity contribution in [1.82, 2.24) is 45.0 Å². The molecule has 64 heavy (non-hydrogen) atoms. The summed E-state index contributed by atoms with van der Waals surface area (Å²) in [6.45, 7) is 14.6. The number of pyridine rings is 1. The highest BCUT2D eigenvalue weighted by atomic mass is 32.1. The molecular weight excluding hydrogens is 831 g/mol. The molecule has 3 aromatic heterocycles. The highest BCUT2D eigenvalue weighted by Crippen LogP contribution is 2.42. The van der Waals surface area contributed by atoms with Crippen LogP contribution in [0, 0.1) is 11.3 Å². The van der Waals surface area contributed by atoms with Crippen LogP contribution in [0.5, 0.6) is 0 Å². The second kappa shape index (κ2) is 18.5. The summed E-state index contributed by atoms with van der Waals surface area (Å²) >= 11 is 1.44. The number of esters is 1. The zero-order valence-corrected chi connectivity index (χ0v) is 39.7.